The van der Waals surface area contributed by atoms with Gasteiger partial charge in [0.05, 0.1) is 0 Å². The summed E-state index contributed by atoms with van der Waals surface area (Å²) in [7, 11) is 8.27. The van der Waals surface area contributed by atoms with E-state index in [1.54, 1.807) is 13.8 Å². The molecule has 0 unspecified atom stereocenters. The van der Waals surface area contributed by atoms with Crippen LogP contribution in [0.15, 0.2) is 127 Å². The summed E-state index contributed by atoms with van der Waals surface area (Å²) in [5.41, 5.74) is 15.0. The van der Waals surface area contributed by atoms with Crippen LogP contribution in [-0.2, 0) is 22.7 Å². The molecular formula is C57H70CeN6O2+. The number of allylic oxidation sites excluding steroid dienone is 5. The van der Waals surface area contributed by atoms with Crippen molar-refractivity contribution >= 4 is 50.3 Å². The molecule has 1 aliphatic carbocycles. The average Bonchev–Trinajstić information content (AvgIpc) is 3.27. The van der Waals surface area contributed by atoms with Gasteiger partial charge in [0.1, 0.15) is 19.8 Å². The number of carbonyl (C=O) groups excluding carboxylic acids is 2. The maximum absolute atomic E-state index is 12.1. The summed E-state index contributed by atoms with van der Waals surface area (Å²) in [5.74, 6) is -0.216. The minimum atomic E-state index is -0.109. The SMILES string of the molecule is C=C(C)C(=O)NCCCNCc1c2ccccc2c(CNCCCNC(=O)C(=C)C)c2cc(-c3ccc(C)c(/C(=C4/[C-]=CC(=[N+](C)C)C=C4)c4ccc(N(C)C)cc4C)c3)ccc12.[CH3-].[CH3-].[Ce+3]. The first-order chi connectivity index (χ1) is 30.2. The van der Waals surface area contributed by atoms with Gasteiger partial charge < -0.3 is 41.0 Å². The van der Waals surface area contributed by atoms with E-state index in [1.807, 2.05) is 0 Å². The van der Waals surface area contributed by atoms with Crippen LogP contribution >= 0.6 is 0 Å². The summed E-state index contributed by atoms with van der Waals surface area (Å²) in [4.78, 5) is 26.3. The largest absolute Gasteiger partial charge is 3.00 e. The fourth-order valence-corrected chi connectivity index (χ4v) is 8.04. The zero-order valence-electron chi connectivity index (χ0n) is 41.0. The van der Waals surface area contributed by atoms with Gasteiger partial charge in [0, 0.05) is 57.1 Å². The third kappa shape index (κ3) is 13.6. The molecule has 0 aliphatic heterocycles. The number of aryl methyl sites for hydroxylation is 2. The maximum atomic E-state index is 12.1. The monoisotopic (exact) mass is 1010 g/mol. The van der Waals surface area contributed by atoms with E-state index < -0.39 is 0 Å². The number of amides is 2. The fraction of sp³-hybridized carbons (Fsp3) is 0.281. The molecule has 1 aliphatic rings. The predicted octanol–water partition coefficient (Wildman–Crippen LogP) is 10.0. The van der Waals surface area contributed by atoms with E-state index in [2.05, 4.69) is 189 Å². The number of nitrogens with one attached hydrogen (secondary N) is 4. The number of benzene rings is 5. The number of hydrogen-bond donors (Lipinski definition) is 4. The summed E-state index contributed by atoms with van der Waals surface area (Å²) < 4.78 is 2.11. The molecule has 0 aromatic heterocycles. The van der Waals surface area contributed by atoms with E-state index in [0.717, 1.165) is 59.6 Å². The van der Waals surface area contributed by atoms with Crippen LogP contribution in [0.3, 0.4) is 0 Å². The Kier molecular flexibility index (Phi) is 21.6. The summed E-state index contributed by atoms with van der Waals surface area (Å²) in [5, 5.41) is 18.1. The molecule has 0 fully saturated rings. The standard InChI is InChI=1S/C55H64N6O2.2CH3.Ce/c1-36(2)54(62)58-29-13-27-56-34-51-46-15-11-12-16-47(46)52(35-57-28-14-30-59-55(63)37(3)4)50-33-42(21-25-48(50)51)41-18-17-38(5)49(32-41)53(40-19-22-43(23-20-40)60(7)8)45-26-24-44(61(9)10)31-39(45)6;;;/h11-12,15-19,21-26,31-33,56-57H,1,3,13-14,27-30,34-35H2,2,4-10H3,(H,58,62)(H,59,63);2*1H3;/q;2*-1;+3. The Bertz CT molecular complexity index is 2680. The first kappa shape index (κ1) is 55.4. The van der Waals surface area contributed by atoms with Gasteiger partial charge in [-0.2, -0.15) is 0 Å². The van der Waals surface area contributed by atoms with Crippen molar-refractivity contribution in [2.24, 2.45) is 0 Å². The molecule has 0 spiro atoms. The van der Waals surface area contributed by atoms with Crippen molar-refractivity contribution in [3.05, 3.63) is 181 Å². The first-order valence-corrected chi connectivity index (χ1v) is 22.0. The summed E-state index contributed by atoms with van der Waals surface area (Å²) >= 11 is 0. The number of carbonyl (C=O) groups is 2. The number of hydrogen-bond acceptors (Lipinski definition) is 5. The number of rotatable bonds is 18. The molecule has 5 aromatic rings. The van der Waals surface area contributed by atoms with E-state index in [9.17, 15) is 9.59 Å². The topological polar surface area (TPSA) is 88.5 Å². The Morgan fingerprint density at radius 1 is 0.652 bits per heavy atom. The Labute approximate surface area is 429 Å². The van der Waals surface area contributed by atoms with Gasteiger partial charge in [-0.25, -0.2) is 0 Å². The van der Waals surface area contributed by atoms with Crippen LogP contribution in [0.25, 0.3) is 38.2 Å². The molecule has 6 rings (SSSR count). The zero-order chi connectivity index (χ0) is 45.2. The first-order valence-electron chi connectivity index (χ1n) is 22.0. The molecule has 0 heterocycles. The normalized spacial score (nSPS) is 12.5. The second kappa shape index (κ2) is 25.8. The third-order valence-corrected chi connectivity index (χ3v) is 11.7. The molecular weight excluding hydrogens is 941 g/mol. The van der Waals surface area contributed by atoms with Crippen LogP contribution < -0.4 is 26.2 Å². The minimum Gasteiger partial charge on any atom is -0.378 e. The van der Waals surface area contributed by atoms with Crippen LogP contribution in [0.4, 0.5) is 5.69 Å². The van der Waals surface area contributed by atoms with Crippen LogP contribution in [0.2, 0.25) is 0 Å². The molecule has 9 heteroatoms. The molecule has 1 radical (unpaired) electrons. The second-order valence-corrected chi connectivity index (χ2v) is 17.0. The Hall–Kier alpha value is -4.97. The number of fused-ring (bicyclic) bond motifs is 2. The van der Waals surface area contributed by atoms with Gasteiger partial charge >= 0.3 is 41.7 Å². The molecule has 0 saturated carbocycles. The van der Waals surface area contributed by atoms with Gasteiger partial charge in [-0.3, -0.25) is 14.2 Å². The average molecular weight is 1010 g/mol. The Morgan fingerprint density at radius 3 is 1.71 bits per heavy atom. The molecule has 66 heavy (non-hydrogen) atoms. The minimum absolute atomic E-state index is 0. The summed E-state index contributed by atoms with van der Waals surface area (Å²) in [6.07, 6.45) is 11.7. The van der Waals surface area contributed by atoms with E-state index >= 15 is 0 Å². The van der Waals surface area contributed by atoms with Gasteiger partial charge in [0.2, 0.25) is 11.8 Å². The van der Waals surface area contributed by atoms with Crippen molar-refractivity contribution < 1.29 is 55.9 Å². The molecule has 0 atom stereocenters. The van der Waals surface area contributed by atoms with Crippen molar-refractivity contribution in [2.75, 3.05) is 59.3 Å². The van der Waals surface area contributed by atoms with Gasteiger partial charge in [-0.05, 0) is 116 Å². The predicted molar refractivity (Wildman–Crippen MR) is 278 cm³/mol. The summed E-state index contributed by atoms with van der Waals surface area (Å²) in [6.45, 7) is 19.4. The van der Waals surface area contributed by atoms with E-state index in [4.69, 9.17) is 0 Å². The van der Waals surface area contributed by atoms with E-state index in [1.165, 1.54) is 54.9 Å². The molecule has 2 amide bonds. The Balaban J connectivity index is 0.00000385. The maximum Gasteiger partial charge on any atom is 3.00 e. The van der Waals surface area contributed by atoms with Crippen molar-refractivity contribution in [1.82, 2.24) is 21.3 Å². The van der Waals surface area contributed by atoms with Gasteiger partial charge in [0.15, 0.2) is 0 Å². The van der Waals surface area contributed by atoms with E-state index in [-0.39, 0.29) is 68.4 Å². The van der Waals surface area contributed by atoms with Crippen LogP contribution in [0.5, 0.6) is 0 Å². The van der Waals surface area contributed by atoms with Crippen molar-refractivity contribution in [1.29, 1.82) is 0 Å². The van der Waals surface area contributed by atoms with Gasteiger partial charge in [-0.15, -0.1) is 17.7 Å². The van der Waals surface area contributed by atoms with Crippen LogP contribution in [0, 0.1) is 76.5 Å². The van der Waals surface area contributed by atoms with Crippen molar-refractivity contribution in [3.8, 4) is 11.1 Å². The van der Waals surface area contributed by atoms with Crippen LogP contribution in [0.1, 0.15) is 60.1 Å². The van der Waals surface area contributed by atoms with E-state index in [0.29, 0.717) is 37.3 Å². The van der Waals surface area contributed by atoms with Crippen LogP contribution in [-0.4, -0.2) is 76.5 Å². The quantitative estimate of drug-likeness (QED) is 0.0231. The molecule has 343 valence electrons. The summed E-state index contributed by atoms with van der Waals surface area (Å²) in [6, 6.07) is 29.2. The molecule has 0 saturated heterocycles. The number of nitrogens with zero attached hydrogens (tertiary/aromatic N) is 2. The molecule has 8 nitrogen and oxygen atoms in total. The second-order valence-electron chi connectivity index (χ2n) is 17.0. The zero-order valence-corrected chi connectivity index (χ0v) is 44.2. The molecule has 5 aromatic carbocycles. The van der Waals surface area contributed by atoms with Gasteiger partial charge in [0.25, 0.3) is 0 Å². The Morgan fingerprint density at radius 2 is 1.20 bits per heavy atom. The fourth-order valence-electron chi connectivity index (χ4n) is 8.04. The smallest absolute Gasteiger partial charge is 0.378 e. The van der Waals surface area contributed by atoms with Gasteiger partial charge in [-0.1, -0.05) is 114 Å². The van der Waals surface area contributed by atoms with Crippen molar-refractivity contribution in [2.45, 2.75) is 53.6 Å². The molecule has 0 bridgehead atoms. The van der Waals surface area contributed by atoms with Crippen molar-refractivity contribution in [3.63, 3.8) is 0 Å². The number of anilines is 1. The third-order valence-electron chi connectivity index (χ3n) is 11.7. The molecule has 4 N–H and O–H groups in total.